The maximum Gasteiger partial charge on any atom is 0.331 e. The molecular weight excluding hydrogens is 381 g/mol. The number of halogens is 1. The summed E-state index contributed by atoms with van der Waals surface area (Å²) in [6.45, 7) is 1.41. The highest BCUT2D eigenvalue weighted by atomic mass is 19.1. The molecule has 0 aliphatic rings. The van der Waals surface area contributed by atoms with E-state index < -0.39 is 23.8 Å². The first-order chi connectivity index (χ1) is 13.9. The van der Waals surface area contributed by atoms with E-state index in [4.69, 9.17) is 18.9 Å². The molecule has 154 valence electrons. The third kappa shape index (κ3) is 5.97. The van der Waals surface area contributed by atoms with Gasteiger partial charge in [-0.3, -0.25) is 4.79 Å². The van der Waals surface area contributed by atoms with Crippen molar-refractivity contribution < 1.29 is 32.9 Å². The Hall–Kier alpha value is -3.55. The third-order valence-corrected chi connectivity index (χ3v) is 3.89. The molecule has 0 heterocycles. The summed E-state index contributed by atoms with van der Waals surface area (Å²) < 4.78 is 34.0. The lowest BCUT2D eigenvalue weighted by atomic mass is 10.1. The Morgan fingerprint density at radius 3 is 2.28 bits per heavy atom. The number of anilines is 1. The fraction of sp³-hybridized carbons (Fsp3) is 0.238. The van der Waals surface area contributed by atoms with Crippen LogP contribution in [0.2, 0.25) is 0 Å². The van der Waals surface area contributed by atoms with Crippen molar-refractivity contribution in [2.24, 2.45) is 0 Å². The van der Waals surface area contributed by atoms with Gasteiger partial charge in [0.15, 0.2) is 17.6 Å². The van der Waals surface area contributed by atoms with Crippen LogP contribution in [-0.4, -0.2) is 39.3 Å². The summed E-state index contributed by atoms with van der Waals surface area (Å²) >= 11 is 0. The van der Waals surface area contributed by atoms with E-state index in [1.165, 1.54) is 52.5 Å². The Labute approximate surface area is 168 Å². The molecule has 29 heavy (non-hydrogen) atoms. The number of carbonyl (C=O) groups is 2. The van der Waals surface area contributed by atoms with Crippen molar-refractivity contribution in [1.82, 2.24) is 0 Å². The van der Waals surface area contributed by atoms with Gasteiger partial charge in [-0.2, -0.15) is 0 Å². The molecule has 2 aromatic carbocycles. The zero-order valence-electron chi connectivity index (χ0n) is 16.5. The van der Waals surface area contributed by atoms with Gasteiger partial charge in [-0.15, -0.1) is 0 Å². The van der Waals surface area contributed by atoms with Crippen molar-refractivity contribution in [3.63, 3.8) is 0 Å². The molecule has 0 spiro atoms. The highest BCUT2D eigenvalue weighted by Crippen LogP contribution is 2.35. The van der Waals surface area contributed by atoms with Gasteiger partial charge in [-0.1, -0.05) is 6.07 Å². The van der Waals surface area contributed by atoms with E-state index in [0.717, 1.165) is 12.1 Å². The largest absolute Gasteiger partial charge is 0.496 e. The summed E-state index contributed by atoms with van der Waals surface area (Å²) in [5.41, 5.74) is 0.822. The number of esters is 1. The van der Waals surface area contributed by atoms with Crippen LogP contribution in [0.3, 0.4) is 0 Å². The number of hydrogen-bond acceptors (Lipinski definition) is 6. The fourth-order valence-corrected chi connectivity index (χ4v) is 2.42. The lowest BCUT2D eigenvalue weighted by Crippen LogP contribution is -2.29. The zero-order chi connectivity index (χ0) is 21.4. The normalized spacial score (nSPS) is 11.6. The van der Waals surface area contributed by atoms with E-state index in [2.05, 4.69) is 5.32 Å². The van der Waals surface area contributed by atoms with E-state index in [0.29, 0.717) is 22.8 Å². The minimum atomic E-state index is -1.08. The number of carbonyl (C=O) groups excluding carboxylic acids is 2. The standard InChI is InChI=1S/C21H22FNO6/c1-13(21(25)23-16-7-5-6-15(22)11-16)29-20(24)9-8-14-10-18(27-3)19(28-4)12-17(14)26-2/h5-13H,1-4H3,(H,23,25)/b9-8+. The molecule has 1 amide bonds. The SMILES string of the molecule is COc1cc(OC)c(OC)cc1/C=C/C(=O)OC(C)C(=O)Nc1cccc(F)c1. The Kier molecular flexibility index (Phi) is 7.59. The molecule has 1 N–H and O–H groups in total. The van der Waals surface area contributed by atoms with E-state index in [1.54, 1.807) is 12.1 Å². The van der Waals surface area contributed by atoms with Crippen molar-refractivity contribution in [3.05, 3.63) is 53.9 Å². The van der Waals surface area contributed by atoms with Crippen LogP contribution in [0.15, 0.2) is 42.5 Å². The van der Waals surface area contributed by atoms with Gasteiger partial charge in [0.1, 0.15) is 11.6 Å². The lowest BCUT2D eigenvalue weighted by Gasteiger charge is -2.13. The molecule has 0 aliphatic carbocycles. The number of hydrogen-bond donors (Lipinski definition) is 1. The monoisotopic (exact) mass is 403 g/mol. The predicted molar refractivity (Wildman–Crippen MR) is 106 cm³/mol. The number of methoxy groups -OCH3 is 3. The molecule has 0 saturated heterocycles. The molecule has 1 unspecified atom stereocenters. The molecule has 0 aliphatic heterocycles. The number of nitrogens with one attached hydrogen (secondary N) is 1. The highest BCUT2D eigenvalue weighted by molar-refractivity contribution is 5.96. The minimum absolute atomic E-state index is 0.267. The number of benzene rings is 2. The predicted octanol–water partition coefficient (Wildman–Crippen LogP) is 3.44. The van der Waals surface area contributed by atoms with Gasteiger partial charge >= 0.3 is 5.97 Å². The zero-order valence-corrected chi connectivity index (χ0v) is 16.5. The van der Waals surface area contributed by atoms with E-state index in [9.17, 15) is 14.0 Å². The average molecular weight is 403 g/mol. The van der Waals surface area contributed by atoms with Crippen LogP contribution in [0.1, 0.15) is 12.5 Å². The average Bonchev–Trinajstić information content (AvgIpc) is 2.71. The summed E-state index contributed by atoms with van der Waals surface area (Å²) in [6, 6.07) is 8.67. The Morgan fingerprint density at radius 1 is 1.00 bits per heavy atom. The Morgan fingerprint density at radius 2 is 1.66 bits per heavy atom. The van der Waals surface area contributed by atoms with Crippen LogP contribution in [0.5, 0.6) is 17.2 Å². The fourth-order valence-electron chi connectivity index (χ4n) is 2.42. The van der Waals surface area contributed by atoms with Gasteiger partial charge in [0, 0.05) is 23.4 Å². The molecule has 0 radical (unpaired) electrons. The van der Waals surface area contributed by atoms with E-state index in [1.807, 2.05) is 0 Å². The second kappa shape index (κ2) is 10.1. The second-order valence-electron chi connectivity index (χ2n) is 5.86. The number of rotatable bonds is 8. The van der Waals surface area contributed by atoms with Crippen LogP contribution in [0.25, 0.3) is 6.08 Å². The maximum atomic E-state index is 13.2. The van der Waals surface area contributed by atoms with Crippen LogP contribution < -0.4 is 19.5 Å². The van der Waals surface area contributed by atoms with Gasteiger partial charge in [0.2, 0.25) is 0 Å². The lowest BCUT2D eigenvalue weighted by molar-refractivity contribution is -0.148. The van der Waals surface area contributed by atoms with Crippen LogP contribution in [0, 0.1) is 5.82 Å². The van der Waals surface area contributed by atoms with Crippen molar-refractivity contribution in [1.29, 1.82) is 0 Å². The summed E-state index contributed by atoms with van der Waals surface area (Å²) in [6.07, 6.45) is 1.55. The van der Waals surface area contributed by atoms with Crippen LogP contribution in [0.4, 0.5) is 10.1 Å². The van der Waals surface area contributed by atoms with Crippen molar-refractivity contribution >= 4 is 23.6 Å². The quantitative estimate of drug-likeness (QED) is 0.537. The molecular formula is C21H22FNO6. The molecule has 0 bridgehead atoms. The smallest absolute Gasteiger partial charge is 0.331 e. The number of ether oxygens (including phenoxy) is 4. The summed E-state index contributed by atoms with van der Waals surface area (Å²) in [4.78, 5) is 24.2. The van der Waals surface area contributed by atoms with Gasteiger partial charge in [0.05, 0.1) is 21.3 Å². The van der Waals surface area contributed by atoms with Crippen molar-refractivity contribution in [3.8, 4) is 17.2 Å². The summed E-state index contributed by atoms with van der Waals surface area (Å²) in [7, 11) is 4.47. The Balaban J connectivity index is 2.04. The molecule has 2 aromatic rings. The van der Waals surface area contributed by atoms with Crippen molar-refractivity contribution in [2.45, 2.75) is 13.0 Å². The maximum absolute atomic E-state index is 13.2. The van der Waals surface area contributed by atoms with Crippen LogP contribution in [-0.2, 0) is 14.3 Å². The molecule has 1 atom stereocenters. The molecule has 0 aromatic heterocycles. The minimum Gasteiger partial charge on any atom is -0.496 e. The highest BCUT2D eigenvalue weighted by Gasteiger charge is 2.17. The Bertz CT molecular complexity index is 912. The van der Waals surface area contributed by atoms with E-state index in [-0.39, 0.29) is 5.69 Å². The first-order valence-corrected chi connectivity index (χ1v) is 8.63. The topological polar surface area (TPSA) is 83.1 Å². The summed E-state index contributed by atoms with van der Waals surface area (Å²) in [5, 5.41) is 2.48. The molecule has 0 fully saturated rings. The van der Waals surface area contributed by atoms with E-state index >= 15 is 0 Å². The van der Waals surface area contributed by atoms with Gasteiger partial charge in [-0.05, 0) is 37.3 Å². The molecule has 8 heteroatoms. The summed E-state index contributed by atoms with van der Waals surface area (Å²) in [5.74, 6) is -0.400. The second-order valence-corrected chi connectivity index (χ2v) is 5.86. The first kappa shape index (κ1) is 21.7. The van der Waals surface area contributed by atoms with Gasteiger partial charge in [-0.25, -0.2) is 9.18 Å². The molecule has 7 nitrogen and oxygen atoms in total. The van der Waals surface area contributed by atoms with Gasteiger partial charge in [0.25, 0.3) is 5.91 Å². The molecule has 2 rings (SSSR count). The number of amides is 1. The van der Waals surface area contributed by atoms with Crippen LogP contribution >= 0.6 is 0 Å². The molecule has 0 saturated carbocycles. The first-order valence-electron chi connectivity index (χ1n) is 8.63. The van der Waals surface area contributed by atoms with Crippen molar-refractivity contribution in [2.75, 3.05) is 26.6 Å². The van der Waals surface area contributed by atoms with Gasteiger partial charge < -0.3 is 24.3 Å². The third-order valence-electron chi connectivity index (χ3n) is 3.89.